The molecule has 90 valence electrons. The summed E-state index contributed by atoms with van der Waals surface area (Å²) in [6, 6.07) is 8.76. The van der Waals surface area contributed by atoms with Crippen LogP contribution in [0.1, 0.15) is 57.1 Å². The second-order valence-electron chi connectivity index (χ2n) is 4.66. The van der Waals surface area contributed by atoms with E-state index in [-0.39, 0.29) is 0 Å². The van der Waals surface area contributed by atoms with Gasteiger partial charge in [0.2, 0.25) is 0 Å². The number of ether oxygens (including phenoxy) is 1. The summed E-state index contributed by atoms with van der Waals surface area (Å²) in [5.41, 5.74) is 2.68. The molecule has 0 amide bonds. The molecule has 0 aliphatic carbocycles. The molecule has 0 bridgehead atoms. The summed E-state index contributed by atoms with van der Waals surface area (Å²) in [5, 5.41) is 0. The van der Waals surface area contributed by atoms with Crippen LogP contribution in [0.5, 0.6) is 0 Å². The van der Waals surface area contributed by atoms with E-state index in [1.165, 1.54) is 30.4 Å². The lowest BCUT2D eigenvalue weighted by molar-refractivity contribution is 0.117. The van der Waals surface area contributed by atoms with Crippen LogP contribution in [0.4, 0.5) is 0 Å². The minimum absolute atomic E-state index is 0.611. The molecule has 1 heteroatoms. The van der Waals surface area contributed by atoms with Crippen LogP contribution in [-0.4, -0.2) is 6.61 Å². The van der Waals surface area contributed by atoms with Crippen molar-refractivity contribution in [2.75, 3.05) is 6.61 Å². The zero-order valence-electron chi connectivity index (χ0n) is 10.8. The molecule has 0 heterocycles. The van der Waals surface area contributed by atoms with Gasteiger partial charge < -0.3 is 4.74 Å². The van der Waals surface area contributed by atoms with Crippen LogP contribution in [-0.2, 0) is 11.3 Å². The molecule has 0 spiro atoms. The van der Waals surface area contributed by atoms with Gasteiger partial charge in [-0.05, 0) is 23.5 Å². The Balaban J connectivity index is 2.27. The Labute approximate surface area is 99.8 Å². The van der Waals surface area contributed by atoms with Gasteiger partial charge in [-0.2, -0.15) is 0 Å². The molecule has 1 aromatic carbocycles. The SMILES string of the molecule is CCCCCOCc1ccc(C(C)C)cc1. The summed E-state index contributed by atoms with van der Waals surface area (Å²) in [4.78, 5) is 0. The van der Waals surface area contributed by atoms with E-state index >= 15 is 0 Å². The first kappa shape index (κ1) is 13.2. The molecular formula is C15H24O. The predicted molar refractivity (Wildman–Crippen MR) is 69.7 cm³/mol. The van der Waals surface area contributed by atoms with Crippen molar-refractivity contribution in [2.24, 2.45) is 0 Å². The van der Waals surface area contributed by atoms with E-state index in [0.717, 1.165) is 13.2 Å². The monoisotopic (exact) mass is 220 g/mol. The van der Waals surface area contributed by atoms with E-state index in [9.17, 15) is 0 Å². The first-order valence-corrected chi connectivity index (χ1v) is 6.40. The van der Waals surface area contributed by atoms with Gasteiger partial charge in [-0.25, -0.2) is 0 Å². The van der Waals surface area contributed by atoms with Crippen LogP contribution in [0.2, 0.25) is 0 Å². The standard InChI is InChI=1S/C15H24O/c1-4-5-6-11-16-12-14-7-9-15(10-8-14)13(2)3/h7-10,13H,4-6,11-12H2,1-3H3. The molecule has 0 fully saturated rings. The number of hydrogen-bond acceptors (Lipinski definition) is 1. The second kappa shape index (κ2) is 7.45. The third-order valence-electron chi connectivity index (χ3n) is 2.81. The van der Waals surface area contributed by atoms with Crippen LogP contribution in [0.25, 0.3) is 0 Å². The van der Waals surface area contributed by atoms with Gasteiger partial charge in [0, 0.05) is 6.61 Å². The molecule has 0 atom stereocenters. The first-order chi connectivity index (χ1) is 7.74. The Hall–Kier alpha value is -0.820. The summed E-state index contributed by atoms with van der Waals surface area (Å²) >= 11 is 0. The summed E-state index contributed by atoms with van der Waals surface area (Å²) < 4.78 is 5.62. The lowest BCUT2D eigenvalue weighted by Gasteiger charge is -2.07. The number of hydrogen-bond donors (Lipinski definition) is 0. The summed E-state index contributed by atoms with van der Waals surface area (Å²) in [6.45, 7) is 8.29. The highest BCUT2D eigenvalue weighted by atomic mass is 16.5. The molecule has 0 aromatic heterocycles. The Bertz CT molecular complexity index is 274. The van der Waals surface area contributed by atoms with Crippen molar-refractivity contribution < 1.29 is 4.74 Å². The lowest BCUT2D eigenvalue weighted by Crippen LogP contribution is -1.96. The maximum atomic E-state index is 5.62. The predicted octanol–water partition coefficient (Wildman–Crippen LogP) is 4.52. The first-order valence-electron chi connectivity index (χ1n) is 6.40. The largest absolute Gasteiger partial charge is 0.377 e. The molecular weight excluding hydrogens is 196 g/mol. The van der Waals surface area contributed by atoms with E-state index in [1.807, 2.05) is 0 Å². The van der Waals surface area contributed by atoms with Crippen molar-refractivity contribution in [3.05, 3.63) is 35.4 Å². The maximum Gasteiger partial charge on any atom is 0.0716 e. The molecule has 16 heavy (non-hydrogen) atoms. The van der Waals surface area contributed by atoms with Gasteiger partial charge in [0.05, 0.1) is 6.61 Å². The summed E-state index contributed by atoms with van der Waals surface area (Å²) in [7, 11) is 0. The highest BCUT2D eigenvalue weighted by Gasteiger charge is 1.98. The van der Waals surface area contributed by atoms with Gasteiger partial charge in [-0.3, -0.25) is 0 Å². The van der Waals surface area contributed by atoms with Gasteiger partial charge in [0.1, 0.15) is 0 Å². The molecule has 0 saturated carbocycles. The summed E-state index contributed by atoms with van der Waals surface area (Å²) in [6.07, 6.45) is 3.71. The molecule has 1 aromatic rings. The van der Waals surface area contributed by atoms with Crippen molar-refractivity contribution >= 4 is 0 Å². The lowest BCUT2D eigenvalue weighted by atomic mass is 10.0. The Morgan fingerprint density at radius 1 is 1.06 bits per heavy atom. The number of rotatable bonds is 7. The van der Waals surface area contributed by atoms with E-state index in [4.69, 9.17) is 4.74 Å². The van der Waals surface area contributed by atoms with Gasteiger partial charge in [0.15, 0.2) is 0 Å². The fraction of sp³-hybridized carbons (Fsp3) is 0.600. The average molecular weight is 220 g/mol. The van der Waals surface area contributed by atoms with Crippen LogP contribution in [0.3, 0.4) is 0 Å². The van der Waals surface area contributed by atoms with E-state index in [2.05, 4.69) is 45.0 Å². The third-order valence-corrected chi connectivity index (χ3v) is 2.81. The fourth-order valence-electron chi connectivity index (χ4n) is 1.64. The molecule has 0 aliphatic rings. The maximum absolute atomic E-state index is 5.62. The highest BCUT2D eigenvalue weighted by molar-refractivity contribution is 5.24. The molecule has 1 nitrogen and oxygen atoms in total. The zero-order valence-corrected chi connectivity index (χ0v) is 10.8. The fourth-order valence-corrected chi connectivity index (χ4v) is 1.64. The van der Waals surface area contributed by atoms with E-state index < -0.39 is 0 Å². The Morgan fingerprint density at radius 3 is 2.31 bits per heavy atom. The van der Waals surface area contributed by atoms with E-state index in [1.54, 1.807) is 0 Å². The molecule has 0 N–H and O–H groups in total. The molecule has 0 unspecified atom stereocenters. The van der Waals surface area contributed by atoms with Gasteiger partial charge in [0.25, 0.3) is 0 Å². The van der Waals surface area contributed by atoms with Crippen molar-refractivity contribution in [3.63, 3.8) is 0 Å². The van der Waals surface area contributed by atoms with Crippen LogP contribution < -0.4 is 0 Å². The molecule has 0 radical (unpaired) electrons. The summed E-state index contributed by atoms with van der Waals surface area (Å²) in [5.74, 6) is 0.611. The second-order valence-corrected chi connectivity index (χ2v) is 4.66. The van der Waals surface area contributed by atoms with Crippen LogP contribution in [0.15, 0.2) is 24.3 Å². The van der Waals surface area contributed by atoms with Crippen LogP contribution in [0, 0.1) is 0 Å². The average Bonchev–Trinajstić information content (AvgIpc) is 2.29. The van der Waals surface area contributed by atoms with Gasteiger partial charge >= 0.3 is 0 Å². The number of benzene rings is 1. The Morgan fingerprint density at radius 2 is 1.75 bits per heavy atom. The zero-order chi connectivity index (χ0) is 11.8. The van der Waals surface area contributed by atoms with Crippen molar-refractivity contribution in [1.29, 1.82) is 0 Å². The third kappa shape index (κ3) is 4.80. The highest BCUT2D eigenvalue weighted by Crippen LogP contribution is 2.15. The Kier molecular flexibility index (Phi) is 6.17. The smallest absolute Gasteiger partial charge is 0.0716 e. The van der Waals surface area contributed by atoms with Crippen molar-refractivity contribution in [3.8, 4) is 0 Å². The molecule has 0 saturated heterocycles. The normalized spacial score (nSPS) is 11.0. The molecule has 1 rings (SSSR count). The van der Waals surface area contributed by atoms with Gasteiger partial charge in [-0.1, -0.05) is 57.9 Å². The molecule has 0 aliphatic heterocycles. The van der Waals surface area contributed by atoms with Crippen molar-refractivity contribution in [2.45, 2.75) is 52.6 Å². The van der Waals surface area contributed by atoms with Crippen molar-refractivity contribution in [1.82, 2.24) is 0 Å². The van der Waals surface area contributed by atoms with Gasteiger partial charge in [-0.15, -0.1) is 0 Å². The topological polar surface area (TPSA) is 9.23 Å². The van der Waals surface area contributed by atoms with E-state index in [0.29, 0.717) is 5.92 Å². The minimum Gasteiger partial charge on any atom is -0.377 e. The van der Waals surface area contributed by atoms with Crippen LogP contribution >= 0.6 is 0 Å². The minimum atomic E-state index is 0.611. The number of unbranched alkanes of at least 4 members (excludes halogenated alkanes) is 2. The quantitative estimate of drug-likeness (QED) is 0.614.